The molecule has 1 aromatic carbocycles. The summed E-state index contributed by atoms with van der Waals surface area (Å²) >= 11 is 1.47. The number of carbonyl (C=O) groups is 2. The average Bonchev–Trinajstić information content (AvgIpc) is 3.01. The molecule has 1 aliphatic rings. The highest BCUT2D eigenvalue weighted by molar-refractivity contribution is 8.00. The summed E-state index contributed by atoms with van der Waals surface area (Å²) in [5.74, 6) is 0.235. The minimum absolute atomic E-state index is 0.0470. The van der Waals surface area contributed by atoms with E-state index in [-0.39, 0.29) is 34.3 Å². The summed E-state index contributed by atoms with van der Waals surface area (Å²) in [5.41, 5.74) is 1.31. The fraction of sp³-hybridized carbons (Fsp3) is 0.733. The van der Waals surface area contributed by atoms with Gasteiger partial charge in [0.25, 0.3) is 0 Å². The number of nitrogens with zero attached hydrogens (tertiary/aromatic N) is 1. The van der Waals surface area contributed by atoms with Crippen LogP contribution < -0.4 is 0 Å². The summed E-state index contributed by atoms with van der Waals surface area (Å²) in [4.78, 5) is 28.1. The van der Waals surface area contributed by atoms with E-state index in [0.29, 0.717) is 12.3 Å². The van der Waals surface area contributed by atoms with Gasteiger partial charge in [0.15, 0.2) is 0 Å². The molecule has 0 aromatic heterocycles. The van der Waals surface area contributed by atoms with E-state index in [9.17, 15) is 14.7 Å². The van der Waals surface area contributed by atoms with Gasteiger partial charge in [0.1, 0.15) is 5.75 Å². The maximum absolute atomic E-state index is 13.1. The third-order valence-corrected chi connectivity index (χ3v) is 8.08. The van der Waals surface area contributed by atoms with Gasteiger partial charge in [-0.15, -0.1) is 11.8 Å². The molecule has 5 heteroatoms. The molecular formula is C30H49NO3S. The van der Waals surface area contributed by atoms with Gasteiger partial charge in [0.2, 0.25) is 11.8 Å². The van der Waals surface area contributed by atoms with E-state index in [0.717, 1.165) is 28.9 Å². The van der Waals surface area contributed by atoms with Gasteiger partial charge in [-0.3, -0.25) is 14.5 Å². The predicted octanol–water partition coefficient (Wildman–Crippen LogP) is 8.13. The minimum Gasteiger partial charge on any atom is -0.507 e. The van der Waals surface area contributed by atoms with Crippen LogP contribution >= 0.6 is 11.8 Å². The molecule has 1 aromatic rings. The molecule has 0 spiro atoms. The van der Waals surface area contributed by atoms with E-state index in [1.807, 2.05) is 12.1 Å². The fourth-order valence-corrected chi connectivity index (χ4v) is 5.88. The maximum atomic E-state index is 13.1. The average molecular weight is 504 g/mol. The number of benzene rings is 1. The first kappa shape index (κ1) is 29.7. The van der Waals surface area contributed by atoms with E-state index in [2.05, 4.69) is 48.5 Å². The lowest BCUT2D eigenvalue weighted by atomic mass is 9.79. The van der Waals surface area contributed by atoms with Gasteiger partial charge in [-0.2, -0.15) is 0 Å². The summed E-state index contributed by atoms with van der Waals surface area (Å²) in [6.07, 6.45) is 12.6. The lowest BCUT2D eigenvalue weighted by Crippen LogP contribution is -2.32. The van der Waals surface area contributed by atoms with Crippen LogP contribution in [0.4, 0.5) is 0 Å². The number of thioether (sulfide) groups is 1. The second kappa shape index (κ2) is 13.2. The number of phenolic OH excluding ortho intramolecular Hbond substituents is 1. The van der Waals surface area contributed by atoms with E-state index < -0.39 is 0 Å². The lowest BCUT2D eigenvalue weighted by Gasteiger charge is -2.28. The molecule has 35 heavy (non-hydrogen) atoms. The lowest BCUT2D eigenvalue weighted by molar-refractivity contribution is -0.138. The third-order valence-electron chi connectivity index (χ3n) is 6.92. The van der Waals surface area contributed by atoms with Crippen LogP contribution in [0.1, 0.15) is 130 Å². The summed E-state index contributed by atoms with van der Waals surface area (Å²) in [7, 11) is 0. The molecule has 1 N–H and O–H groups in total. The molecular weight excluding hydrogens is 454 g/mol. The van der Waals surface area contributed by atoms with E-state index >= 15 is 0 Å². The highest BCUT2D eigenvalue weighted by Gasteiger charge is 2.39. The second-order valence-corrected chi connectivity index (χ2v) is 13.5. The molecule has 1 saturated heterocycles. The van der Waals surface area contributed by atoms with Crippen molar-refractivity contribution < 1.29 is 14.7 Å². The van der Waals surface area contributed by atoms with Crippen molar-refractivity contribution in [1.29, 1.82) is 0 Å². The van der Waals surface area contributed by atoms with E-state index in [1.54, 1.807) is 0 Å². The van der Waals surface area contributed by atoms with Crippen LogP contribution in [0.5, 0.6) is 5.75 Å². The molecule has 1 unspecified atom stereocenters. The Balaban J connectivity index is 1.92. The molecule has 0 radical (unpaired) electrons. The Bertz CT molecular complexity index is 815. The van der Waals surface area contributed by atoms with Gasteiger partial charge < -0.3 is 5.11 Å². The Hall–Kier alpha value is -1.49. The van der Waals surface area contributed by atoms with Gasteiger partial charge in [-0.1, -0.05) is 106 Å². The van der Waals surface area contributed by atoms with Gasteiger partial charge in [-0.05, 0) is 29.4 Å². The van der Waals surface area contributed by atoms with Crippen molar-refractivity contribution in [3.8, 4) is 5.75 Å². The molecule has 1 fully saturated rings. The first-order valence-electron chi connectivity index (χ1n) is 13.7. The van der Waals surface area contributed by atoms with Crippen molar-refractivity contribution in [2.75, 3.05) is 6.54 Å². The summed E-state index contributed by atoms with van der Waals surface area (Å²) < 4.78 is 0. The number of amides is 2. The Labute approximate surface area is 218 Å². The second-order valence-electron chi connectivity index (χ2n) is 12.2. The number of unbranched alkanes of at least 4 members (excludes halogenated alkanes) is 9. The van der Waals surface area contributed by atoms with Crippen LogP contribution in [0, 0.1) is 0 Å². The standard InChI is InChI=1S/C30H49NO3S/c1-8-9-10-11-12-13-14-15-16-17-18-31-26(32)21-25(28(31)34)35-22-19-23(29(2,3)4)27(33)24(20-22)30(5,6)7/h19-20,25,33H,8-18,21H2,1-7H3. The SMILES string of the molecule is CCCCCCCCCCCCN1C(=O)CC(Sc2cc(C(C)(C)C)c(O)c(C(C)(C)C)c2)C1=O. The number of rotatable bonds is 13. The summed E-state index contributed by atoms with van der Waals surface area (Å²) in [6.45, 7) is 15.3. The van der Waals surface area contributed by atoms with Gasteiger partial charge in [0, 0.05) is 29.0 Å². The van der Waals surface area contributed by atoms with Gasteiger partial charge >= 0.3 is 0 Å². The van der Waals surface area contributed by atoms with Crippen molar-refractivity contribution in [2.45, 2.75) is 140 Å². The molecule has 0 saturated carbocycles. The molecule has 2 amide bonds. The zero-order valence-electron chi connectivity index (χ0n) is 23.3. The number of aromatic hydroxyl groups is 1. The Morgan fingerprint density at radius 2 is 1.29 bits per heavy atom. The van der Waals surface area contributed by atoms with Crippen molar-refractivity contribution in [1.82, 2.24) is 4.90 Å². The number of likely N-dealkylation sites (tertiary alicyclic amines) is 1. The smallest absolute Gasteiger partial charge is 0.243 e. The summed E-state index contributed by atoms with van der Waals surface area (Å²) in [5, 5.41) is 10.6. The van der Waals surface area contributed by atoms with Crippen LogP contribution in [0.2, 0.25) is 0 Å². The highest BCUT2D eigenvalue weighted by atomic mass is 32.2. The van der Waals surface area contributed by atoms with E-state index in [1.165, 1.54) is 68.0 Å². The largest absolute Gasteiger partial charge is 0.507 e. The van der Waals surface area contributed by atoms with Gasteiger partial charge in [0.05, 0.1) is 5.25 Å². The molecule has 198 valence electrons. The highest BCUT2D eigenvalue weighted by Crippen LogP contribution is 2.43. The van der Waals surface area contributed by atoms with Crippen LogP contribution in [0.15, 0.2) is 17.0 Å². The van der Waals surface area contributed by atoms with Gasteiger partial charge in [-0.25, -0.2) is 0 Å². The monoisotopic (exact) mass is 503 g/mol. The van der Waals surface area contributed by atoms with Crippen LogP contribution in [0.25, 0.3) is 0 Å². The third kappa shape index (κ3) is 8.84. The number of phenols is 1. The molecule has 1 atom stereocenters. The van der Waals surface area contributed by atoms with Crippen molar-refractivity contribution >= 4 is 23.6 Å². The maximum Gasteiger partial charge on any atom is 0.243 e. The summed E-state index contributed by atoms with van der Waals surface area (Å²) in [6, 6.07) is 4.00. The topological polar surface area (TPSA) is 57.6 Å². The van der Waals surface area contributed by atoms with Crippen molar-refractivity contribution in [2.24, 2.45) is 0 Å². The van der Waals surface area contributed by atoms with Crippen LogP contribution in [0.3, 0.4) is 0 Å². The predicted molar refractivity (Wildman–Crippen MR) is 148 cm³/mol. The number of carbonyl (C=O) groups excluding carboxylic acids is 2. The number of hydrogen-bond acceptors (Lipinski definition) is 4. The normalized spacial score (nSPS) is 17.0. The minimum atomic E-state index is -0.379. The Kier molecular flexibility index (Phi) is 11.2. The quantitative estimate of drug-likeness (QED) is 0.218. The molecule has 0 aliphatic carbocycles. The number of hydrogen-bond donors (Lipinski definition) is 1. The molecule has 0 bridgehead atoms. The van der Waals surface area contributed by atoms with Crippen molar-refractivity contribution in [3.05, 3.63) is 23.3 Å². The molecule has 1 heterocycles. The van der Waals surface area contributed by atoms with E-state index in [4.69, 9.17) is 0 Å². The zero-order chi connectivity index (χ0) is 26.2. The van der Waals surface area contributed by atoms with Crippen LogP contribution in [-0.2, 0) is 20.4 Å². The Morgan fingerprint density at radius 3 is 1.74 bits per heavy atom. The van der Waals surface area contributed by atoms with Crippen molar-refractivity contribution in [3.63, 3.8) is 0 Å². The fourth-order valence-electron chi connectivity index (χ4n) is 4.72. The zero-order valence-corrected chi connectivity index (χ0v) is 24.2. The molecule has 4 nitrogen and oxygen atoms in total. The first-order chi connectivity index (χ1) is 16.4. The molecule has 1 aliphatic heterocycles. The first-order valence-corrected chi connectivity index (χ1v) is 14.6. The van der Waals surface area contributed by atoms with Crippen LogP contribution in [-0.4, -0.2) is 33.6 Å². The Morgan fingerprint density at radius 1 is 0.829 bits per heavy atom. The molecule has 2 rings (SSSR count). The number of imide groups is 1.